The molecule has 0 unspecified atom stereocenters. The van der Waals surface area contributed by atoms with Crippen LogP contribution in [0.5, 0.6) is 0 Å². The zero-order chi connectivity index (χ0) is 15.5. The number of hydrogen-bond acceptors (Lipinski definition) is 4. The van der Waals surface area contributed by atoms with Crippen molar-refractivity contribution in [2.24, 2.45) is 0 Å². The number of carbonyl (C=O) groups is 2. The SMILES string of the molecule is CC(=O)Nc1ccc(S(=O)(=O)N[C@H](C)C(=O)O)c(F)c1. The molecule has 1 rings (SSSR count). The molecule has 0 spiro atoms. The van der Waals surface area contributed by atoms with E-state index in [0.29, 0.717) is 0 Å². The van der Waals surface area contributed by atoms with Gasteiger partial charge in [-0.2, -0.15) is 4.72 Å². The average Bonchev–Trinajstić information content (AvgIpc) is 2.26. The quantitative estimate of drug-likeness (QED) is 0.734. The van der Waals surface area contributed by atoms with Crippen molar-refractivity contribution in [2.75, 3.05) is 5.32 Å². The zero-order valence-electron chi connectivity index (χ0n) is 10.7. The molecule has 0 aromatic heterocycles. The lowest BCUT2D eigenvalue weighted by Crippen LogP contribution is -2.38. The fourth-order valence-electron chi connectivity index (χ4n) is 1.35. The third-order valence-corrected chi connectivity index (χ3v) is 3.82. The van der Waals surface area contributed by atoms with Gasteiger partial charge in [0.05, 0.1) is 0 Å². The van der Waals surface area contributed by atoms with Crippen LogP contribution in [0.25, 0.3) is 0 Å². The van der Waals surface area contributed by atoms with Gasteiger partial charge in [0.1, 0.15) is 16.8 Å². The molecule has 1 atom stereocenters. The van der Waals surface area contributed by atoms with Crippen LogP contribution < -0.4 is 10.0 Å². The predicted octanol–water partition coefficient (Wildman–Crippen LogP) is 0.535. The number of carboxylic acids is 1. The molecule has 3 N–H and O–H groups in total. The monoisotopic (exact) mass is 304 g/mol. The Bertz CT molecular complexity index is 644. The van der Waals surface area contributed by atoms with Crippen LogP contribution in [0.3, 0.4) is 0 Å². The Hall–Kier alpha value is -2.00. The van der Waals surface area contributed by atoms with E-state index in [-0.39, 0.29) is 5.69 Å². The second kappa shape index (κ2) is 5.97. The standard InChI is InChI=1S/C11H13FN2O5S/c1-6(11(16)17)14-20(18,19)10-4-3-8(5-9(10)12)13-7(2)15/h3-6,14H,1-2H3,(H,13,15)(H,16,17)/t6-/m1/s1. The second-order valence-corrected chi connectivity index (χ2v) is 5.69. The molecular weight excluding hydrogens is 291 g/mol. The molecule has 0 fully saturated rings. The van der Waals surface area contributed by atoms with Crippen molar-refractivity contribution in [1.82, 2.24) is 4.72 Å². The molecule has 7 nitrogen and oxygen atoms in total. The first kappa shape index (κ1) is 16.1. The maximum atomic E-state index is 13.7. The van der Waals surface area contributed by atoms with E-state index < -0.39 is 38.7 Å². The van der Waals surface area contributed by atoms with Crippen LogP contribution in [0.2, 0.25) is 0 Å². The van der Waals surface area contributed by atoms with E-state index in [2.05, 4.69) is 5.32 Å². The highest BCUT2D eigenvalue weighted by atomic mass is 32.2. The molecule has 0 saturated carbocycles. The first-order valence-corrected chi connectivity index (χ1v) is 6.94. The number of rotatable bonds is 5. The Balaban J connectivity index is 3.07. The topological polar surface area (TPSA) is 113 Å². The molecule has 1 aromatic carbocycles. The summed E-state index contributed by atoms with van der Waals surface area (Å²) < 4.78 is 39.1. The van der Waals surface area contributed by atoms with Crippen molar-refractivity contribution >= 4 is 27.6 Å². The van der Waals surface area contributed by atoms with Crippen molar-refractivity contribution in [2.45, 2.75) is 24.8 Å². The molecule has 0 aliphatic rings. The normalized spacial score (nSPS) is 12.8. The molecule has 0 heterocycles. The van der Waals surface area contributed by atoms with Gasteiger partial charge >= 0.3 is 5.97 Å². The first-order valence-electron chi connectivity index (χ1n) is 5.46. The van der Waals surface area contributed by atoms with Crippen molar-refractivity contribution < 1.29 is 27.5 Å². The van der Waals surface area contributed by atoms with Crippen LogP contribution in [0.4, 0.5) is 10.1 Å². The largest absolute Gasteiger partial charge is 0.480 e. The van der Waals surface area contributed by atoms with E-state index in [0.717, 1.165) is 19.1 Å². The summed E-state index contributed by atoms with van der Waals surface area (Å²) in [6.07, 6.45) is 0. The van der Waals surface area contributed by atoms with Gasteiger partial charge in [-0.15, -0.1) is 0 Å². The third kappa shape index (κ3) is 4.00. The number of halogens is 1. The summed E-state index contributed by atoms with van der Waals surface area (Å²) in [5.74, 6) is -2.91. The van der Waals surface area contributed by atoms with Crippen molar-refractivity contribution in [3.63, 3.8) is 0 Å². The fourth-order valence-corrected chi connectivity index (χ4v) is 2.60. The van der Waals surface area contributed by atoms with E-state index in [1.54, 1.807) is 0 Å². The lowest BCUT2D eigenvalue weighted by molar-refractivity contribution is -0.138. The molecule has 1 amide bonds. The summed E-state index contributed by atoms with van der Waals surface area (Å²) in [5, 5.41) is 10.9. The van der Waals surface area contributed by atoms with Crippen LogP contribution in [-0.2, 0) is 19.6 Å². The predicted molar refractivity (Wildman–Crippen MR) is 68.1 cm³/mol. The van der Waals surface area contributed by atoms with Gasteiger partial charge < -0.3 is 10.4 Å². The Kier molecular flexibility index (Phi) is 4.79. The zero-order valence-corrected chi connectivity index (χ0v) is 11.5. The molecular formula is C11H13FN2O5S. The van der Waals surface area contributed by atoms with Crippen LogP contribution in [-0.4, -0.2) is 31.4 Å². The van der Waals surface area contributed by atoms with Gasteiger partial charge in [0, 0.05) is 12.6 Å². The van der Waals surface area contributed by atoms with Crippen molar-refractivity contribution in [1.29, 1.82) is 0 Å². The number of carbonyl (C=O) groups excluding carboxylic acids is 1. The van der Waals surface area contributed by atoms with E-state index in [4.69, 9.17) is 5.11 Å². The van der Waals surface area contributed by atoms with Crippen LogP contribution in [0, 0.1) is 5.82 Å². The van der Waals surface area contributed by atoms with Crippen LogP contribution in [0.15, 0.2) is 23.1 Å². The van der Waals surface area contributed by atoms with E-state index >= 15 is 0 Å². The molecule has 1 aromatic rings. The molecule has 9 heteroatoms. The van der Waals surface area contributed by atoms with E-state index in [1.165, 1.54) is 13.0 Å². The summed E-state index contributed by atoms with van der Waals surface area (Å²) in [6, 6.07) is 1.58. The Morgan fingerprint density at radius 1 is 1.35 bits per heavy atom. The Morgan fingerprint density at radius 3 is 2.40 bits per heavy atom. The highest BCUT2D eigenvalue weighted by Gasteiger charge is 2.24. The van der Waals surface area contributed by atoms with E-state index in [1.807, 2.05) is 4.72 Å². The molecule has 0 aliphatic heterocycles. The maximum Gasteiger partial charge on any atom is 0.321 e. The number of nitrogens with one attached hydrogen (secondary N) is 2. The molecule has 110 valence electrons. The fraction of sp³-hybridized carbons (Fsp3) is 0.273. The van der Waals surface area contributed by atoms with Crippen LogP contribution >= 0.6 is 0 Å². The minimum absolute atomic E-state index is 0.0974. The third-order valence-electron chi connectivity index (χ3n) is 2.24. The Morgan fingerprint density at radius 2 is 1.95 bits per heavy atom. The summed E-state index contributed by atoms with van der Waals surface area (Å²) in [6.45, 7) is 2.34. The summed E-state index contributed by atoms with van der Waals surface area (Å²) in [4.78, 5) is 20.7. The summed E-state index contributed by atoms with van der Waals surface area (Å²) in [5.41, 5.74) is 0.0974. The van der Waals surface area contributed by atoms with E-state index in [9.17, 15) is 22.4 Å². The summed E-state index contributed by atoms with van der Waals surface area (Å²) >= 11 is 0. The number of carboxylic acid groups (broad SMARTS) is 1. The summed E-state index contributed by atoms with van der Waals surface area (Å²) in [7, 11) is -4.30. The number of benzene rings is 1. The minimum atomic E-state index is -4.30. The van der Waals surface area contributed by atoms with Gasteiger partial charge in [-0.1, -0.05) is 0 Å². The molecule has 20 heavy (non-hydrogen) atoms. The lowest BCUT2D eigenvalue weighted by atomic mass is 10.3. The minimum Gasteiger partial charge on any atom is -0.480 e. The second-order valence-electron chi connectivity index (χ2n) is 4.01. The van der Waals surface area contributed by atoms with Gasteiger partial charge in [0.25, 0.3) is 0 Å². The smallest absolute Gasteiger partial charge is 0.321 e. The van der Waals surface area contributed by atoms with Gasteiger partial charge in [0.15, 0.2) is 0 Å². The lowest BCUT2D eigenvalue weighted by Gasteiger charge is -2.11. The van der Waals surface area contributed by atoms with Gasteiger partial charge in [-0.3, -0.25) is 9.59 Å². The highest BCUT2D eigenvalue weighted by molar-refractivity contribution is 7.89. The van der Waals surface area contributed by atoms with Gasteiger partial charge in [-0.05, 0) is 25.1 Å². The molecule has 0 aliphatic carbocycles. The maximum absolute atomic E-state index is 13.7. The number of amides is 1. The first-order chi connectivity index (χ1) is 9.13. The number of aliphatic carboxylic acids is 1. The van der Waals surface area contributed by atoms with Gasteiger partial charge in [-0.25, -0.2) is 12.8 Å². The highest BCUT2D eigenvalue weighted by Crippen LogP contribution is 2.19. The van der Waals surface area contributed by atoms with Crippen molar-refractivity contribution in [3.05, 3.63) is 24.0 Å². The number of hydrogen-bond donors (Lipinski definition) is 3. The number of sulfonamides is 1. The number of anilines is 1. The van der Waals surface area contributed by atoms with Crippen molar-refractivity contribution in [3.8, 4) is 0 Å². The molecule has 0 saturated heterocycles. The molecule has 0 bridgehead atoms. The Labute approximate surface area is 114 Å². The van der Waals surface area contributed by atoms with Crippen LogP contribution in [0.1, 0.15) is 13.8 Å². The average molecular weight is 304 g/mol. The van der Waals surface area contributed by atoms with Gasteiger partial charge in [0.2, 0.25) is 15.9 Å². The molecule has 0 radical (unpaired) electrons.